The molecule has 1 saturated heterocycles. The van der Waals surface area contributed by atoms with Gasteiger partial charge in [-0.05, 0) is 59.8 Å². The molecule has 25 heavy (non-hydrogen) atoms. The summed E-state index contributed by atoms with van der Waals surface area (Å²) < 4.78 is 0. The van der Waals surface area contributed by atoms with E-state index in [1.165, 1.54) is 0 Å². The summed E-state index contributed by atoms with van der Waals surface area (Å²) in [5, 5.41) is 0. The largest absolute Gasteiger partial charge is 0.338 e. The second-order valence-corrected chi connectivity index (χ2v) is 8.99. The lowest BCUT2D eigenvalue weighted by Crippen LogP contribution is -2.53. The van der Waals surface area contributed by atoms with Crippen LogP contribution in [-0.2, 0) is 9.59 Å². The first-order valence-electron chi connectivity index (χ1n) is 9.89. The van der Waals surface area contributed by atoms with Crippen molar-refractivity contribution in [3.8, 4) is 0 Å². The van der Waals surface area contributed by atoms with Crippen LogP contribution in [0.5, 0.6) is 0 Å². The molecule has 4 nitrogen and oxygen atoms in total. The van der Waals surface area contributed by atoms with Gasteiger partial charge in [-0.1, -0.05) is 26.8 Å². The van der Waals surface area contributed by atoms with Gasteiger partial charge in [-0.3, -0.25) is 9.59 Å². The molecule has 0 radical (unpaired) electrons. The summed E-state index contributed by atoms with van der Waals surface area (Å²) in [6.45, 7) is 15.3. The van der Waals surface area contributed by atoms with Gasteiger partial charge >= 0.3 is 0 Å². The summed E-state index contributed by atoms with van der Waals surface area (Å²) >= 11 is 0. The van der Waals surface area contributed by atoms with E-state index in [0.29, 0.717) is 6.54 Å². The molecule has 0 N–H and O–H groups in total. The molecule has 0 aliphatic carbocycles. The van der Waals surface area contributed by atoms with Gasteiger partial charge in [0.05, 0.1) is 5.41 Å². The minimum atomic E-state index is -0.493. The number of nitrogens with zero attached hydrogens (tertiary/aromatic N) is 2. The zero-order valence-electron chi connectivity index (χ0n) is 17.2. The molecule has 2 amide bonds. The monoisotopic (exact) mass is 348 g/mol. The second kappa shape index (κ2) is 6.77. The van der Waals surface area contributed by atoms with E-state index in [1.54, 1.807) is 0 Å². The molecule has 142 valence electrons. The van der Waals surface area contributed by atoms with Crippen molar-refractivity contribution in [2.75, 3.05) is 6.54 Å². The maximum atomic E-state index is 13.4. The highest BCUT2D eigenvalue weighted by molar-refractivity contribution is 5.89. The predicted octanol–water partition coefficient (Wildman–Crippen LogP) is 4.35. The van der Waals surface area contributed by atoms with Crippen molar-refractivity contribution in [3.05, 3.63) is 12.3 Å². The molecule has 0 aromatic rings. The summed E-state index contributed by atoms with van der Waals surface area (Å²) in [6.07, 6.45) is 8.10. The van der Waals surface area contributed by atoms with Gasteiger partial charge in [0.15, 0.2) is 0 Å². The van der Waals surface area contributed by atoms with Crippen LogP contribution in [0.25, 0.3) is 0 Å². The molecule has 2 rings (SSSR count). The van der Waals surface area contributed by atoms with Crippen LogP contribution in [0.1, 0.15) is 80.6 Å². The quantitative estimate of drug-likeness (QED) is 0.757. The minimum absolute atomic E-state index is 0.0277. The third kappa shape index (κ3) is 3.13. The Morgan fingerprint density at radius 2 is 1.76 bits per heavy atom. The van der Waals surface area contributed by atoms with Gasteiger partial charge in [0.1, 0.15) is 0 Å². The number of fused-ring (bicyclic) bond motifs is 1. The highest BCUT2D eigenvalue weighted by atomic mass is 16.2. The molecule has 0 aromatic heterocycles. The van der Waals surface area contributed by atoms with E-state index in [9.17, 15) is 9.59 Å². The van der Waals surface area contributed by atoms with Crippen LogP contribution in [0.3, 0.4) is 0 Å². The van der Waals surface area contributed by atoms with Crippen LogP contribution in [0, 0.1) is 10.8 Å². The van der Waals surface area contributed by atoms with E-state index in [2.05, 4.69) is 54.5 Å². The van der Waals surface area contributed by atoms with Crippen molar-refractivity contribution < 1.29 is 9.59 Å². The Kier molecular flexibility index (Phi) is 5.42. The van der Waals surface area contributed by atoms with Crippen molar-refractivity contribution in [1.29, 1.82) is 0 Å². The number of hydrogen-bond donors (Lipinski definition) is 0. The van der Waals surface area contributed by atoms with Gasteiger partial charge in [-0.25, -0.2) is 0 Å². The molecule has 1 fully saturated rings. The second-order valence-electron chi connectivity index (χ2n) is 8.99. The number of carbonyl (C=O) groups is 2. The Labute approximate surface area is 153 Å². The van der Waals surface area contributed by atoms with Crippen LogP contribution in [0.2, 0.25) is 0 Å². The van der Waals surface area contributed by atoms with Crippen molar-refractivity contribution in [1.82, 2.24) is 9.80 Å². The average Bonchev–Trinajstić information content (AvgIpc) is 2.83. The summed E-state index contributed by atoms with van der Waals surface area (Å²) in [5.74, 6) is 0.406. The molecule has 0 bridgehead atoms. The highest BCUT2D eigenvalue weighted by Crippen LogP contribution is 2.46. The predicted molar refractivity (Wildman–Crippen MR) is 102 cm³/mol. The van der Waals surface area contributed by atoms with Crippen molar-refractivity contribution in [2.24, 2.45) is 10.8 Å². The lowest BCUT2D eigenvalue weighted by Gasteiger charge is -2.41. The van der Waals surface area contributed by atoms with Gasteiger partial charge < -0.3 is 9.80 Å². The smallest absolute Gasteiger partial charge is 0.235 e. The van der Waals surface area contributed by atoms with Crippen LogP contribution >= 0.6 is 0 Å². The standard InChI is InChI=1S/C21H36N2O2/c1-8-21(9-2,10-3)18(25)22-15-13-20(7)16(22)12-11-14-23(17(20)24)19(4,5)6/h11,14,16H,8-10,12-13,15H2,1-7H3/t16-,20-/m0/s1. The van der Waals surface area contributed by atoms with Crippen LogP contribution < -0.4 is 0 Å². The van der Waals surface area contributed by atoms with Crippen LogP contribution in [0.4, 0.5) is 0 Å². The fraction of sp³-hybridized carbons (Fsp3) is 0.810. The number of rotatable bonds is 4. The van der Waals surface area contributed by atoms with E-state index in [1.807, 2.05) is 16.0 Å². The molecule has 0 saturated carbocycles. The average molecular weight is 349 g/mol. The van der Waals surface area contributed by atoms with Crippen LogP contribution in [0.15, 0.2) is 12.3 Å². The highest BCUT2D eigenvalue weighted by Gasteiger charge is 2.55. The van der Waals surface area contributed by atoms with Crippen molar-refractivity contribution in [3.63, 3.8) is 0 Å². The maximum Gasteiger partial charge on any atom is 0.235 e. The Bertz CT molecular complexity index is 548. The first-order chi connectivity index (χ1) is 11.6. The lowest BCUT2D eigenvalue weighted by atomic mass is 9.76. The number of carbonyl (C=O) groups excluding carboxylic acids is 2. The zero-order valence-corrected chi connectivity index (χ0v) is 17.2. The van der Waals surface area contributed by atoms with Gasteiger partial charge in [-0.2, -0.15) is 0 Å². The molecule has 2 aliphatic rings. The van der Waals surface area contributed by atoms with Gasteiger partial charge in [0.2, 0.25) is 11.8 Å². The fourth-order valence-corrected chi connectivity index (χ4v) is 4.57. The van der Waals surface area contributed by atoms with E-state index < -0.39 is 5.41 Å². The van der Waals surface area contributed by atoms with Gasteiger partial charge in [-0.15, -0.1) is 0 Å². The maximum absolute atomic E-state index is 13.4. The third-order valence-electron chi connectivity index (χ3n) is 6.77. The number of amides is 2. The van der Waals surface area contributed by atoms with E-state index in [-0.39, 0.29) is 28.8 Å². The number of hydrogen-bond acceptors (Lipinski definition) is 2. The van der Waals surface area contributed by atoms with Crippen LogP contribution in [-0.4, -0.2) is 39.7 Å². The topological polar surface area (TPSA) is 40.6 Å². The summed E-state index contributed by atoms with van der Waals surface area (Å²) in [7, 11) is 0. The Hall–Kier alpha value is -1.32. The van der Waals surface area contributed by atoms with Crippen molar-refractivity contribution in [2.45, 2.75) is 92.2 Å². The normalized spacial score (nSPS) is 27.5. The summed E-state index contributed by atoms with van der Waals surface area (Å²) in [6, 6.07) is -0.0277. The van der Waals surface area contributed by atoms with E-state index >= 15 is 0 Å². The minimum Gasteiger partial charge on any atom is -0.338 e. The zero-order chi connectivity index (χ0) is 19.0. The molecule has 2 aliphatic heterocycles. The SMILES string of the molecule is CCC(CC)(CC)C(=O)N1CC[C@]2(C)C(=O)N(C(C)(C)C)C=CC[C@H]12. The summed E-state index contributed by atoms with van der Waals surface area (Å²) in [4.78, 5) is 30.7. The van der Waals surface area contributed by atoms with E-state index in [0.717, 1.165) is 32.1 Å². The molecule has 0 aromatic carbocycles. The third-order valence-corrected chi connectivity index (χ3v) is 6.77. The molecular weight excluding hydrogens is 312 g/mol. The molecule has 4 heteroatoms. The first kappa shape index (κ1) is 20.0. The Morgan fingerprint density at radius 3 is 2.24 bits per heavy atom. The molecule has 0 spiro atoms. The van der Waals surface area contributed by atoms with Gasteiger partial charge in [0.25, 0.3) is 0 Å². The molecule has 2 atom stereocenters. The lowest BCUT2D eigenvalue weighted by molar-refractivity contribution is -0.148. The van der Waals surface area contributed by atoms with Gasteiger partial charge in [0, 0.05) is 29.7 Å². The molecule has 0 unspecified atom stereocenters. The Morgan fingerprint density at radius 1 is 1.20 bits per heavy atom. The molecule has 2 heterocycles. The van der Waals surface area contributed by atoms with Crippen molar-refractivity contribution >= 4 is 11.8 Å². The fourth-order valence-electron chi connectivity index (χ4n) is 4.57. The Balaban J connectivity index is 2.37. The van der Waals surface area contributed by atoms with E-state index in [4.69, 9.17) is 0 Å². The number of likely N-dealkylation sites (tertiary alicyclic amines) is 1. The molecular formula is C21H36N2O2. The summed E-state index contributed by atoms with van der Waals surface area (Å²) in [5.41, 5.74) is -1.02. The first-order valence-corrected chi connectivity index (χ1v) is 9.89.